The number of aliphatic carboxylic acids is 7. The molecular formula is C41H66N9O26P+2. The summed E-state index contributed by atoms with van der Waals surface area (Å²) in [7, 11) is -5.30. The Labute approximate surface area is 436 Å². The fourth-order valence-electron chi connectivity index (χ4n) is 6.48. The van der Waals surface area contributed by atoms with Crippen LogP contribution in [-0.2, 0) is 76.4 Å². The van der Waals surface area contributed by atoms with Crippen LogP contribution < -0.4 is 48.3 Å². The summed E-state index contributed by atoms with van der Waals surface area (Å²) in [6.45, 7) is 4.96. The summed E-state index contributed by atoms with van der Waals surface area (Å²) in [5, 5.41) is 81.8. The van der Waals surface area contributed by atoms with Crippen molar-refractivity contribution in [2.75, 3.05) is 6.61 Å². The molecule has 35 nitrogen and oxygen atoms in total. The minimum atomic E-state index is -5.30. The molecule has 9 atom stereocenters. The average Bonchev–Trinajstić information content (AvgIpc) is 3.27. The number of amides is 8. The first-order valence-electron chi connectivity index (χ1n) is 22.9. The number of carboxylic acids is 7. The van der Waals surface area contributed by atoms with Gasteiger partial charge in [-0.2, -0.15) is 19.2 Å². The molecule has 0 aromatic carbocycles. The summed E-state index contributed by atoms with van der Waals surface area (Å²) >= 11 is 0. The lowest BCUT2D eigenvalue weighted by molar-refractivity contribution is -0.403. The van der Waals surface area contributed by atoms with Crippen LogP contribution in [0.3, 0.4) is 0 Å². The van der Waals surface area contributed by atoms with E-state index in [0.29, 0.717) is 0 Å². The topological polar surface area (TPSA) is 591 Å². The molecule has 0 saturated carbocycles. The highest BCUT2D eigenvalue weighted by atomic mass is 31.2. The van der Waals surface area contributed by atoms with Gasteiger partial charge in [0.1, 0.15) is 61.4 Å². The van der Waals surface area contributed by atoms with Crippen molar-refractivity contribution in [1.82, 2.24) is 42.5 Å². The van der Waals surface area contributed by atoms with Crippen molar-refractivity contribution in [2.24, 2.45) is 11.8 Å². The number of hydrogen-bond acceptors (Lipinski definition) is 19. The molecule has 0 fully saturated rings. The Hall–Kier alpha value is -7.72. The molecule has 8 amide bonds. The maximum absolute atomic E-state index is 13.8. The summed E-state index contributed by atoms with van der Waals surface area (Å²) < 4.78 is 4.38. The van der Waals surface area contributed by atoms with Crippen molar-refractivity contribution in [3.63, 3.8) is 0 Å². The molecule has 0 heterocycles. The minimum absolute atomic E-state index is 0.125. The second-order valence-electron chi connectivity index (χ2n) is 17.8. The minimum Gasteiger partial charge on any atom is -0.481 e. The van der Waals surface area contributed by atoms with E-state index in [1.54, 1.807) is 27.7 Å². The largest absolute Gasteiger partial charge is 0.567 e. The van der Waals surface area contributed by atoms with Crippen molar-refractivity contribution in [3.05, 3.63) is 0 Å². The Kier molecular flexibility index (Phi) is 30.0. The zero-order chi connectivity index (χ0) is 59.7. The lowest BCUT2D eigenvalue weighted by Gasteiger charge is -2.28. The van der Waals surface area contributed by atoms with Crippen molar-refractivity contribution in [3.8, 4) is 0 Å². The van der Waals surface area contributed by atoms with Crippen LogP contribution in [-0.4, -0.2) is 200 Å². The molecule has 0 saturated heterocycles. The van der Waals surface area contributed by atoms with Crippen molar-refractivity contribution in [2.45, 2.75) is 146 Å². The molecule has 0 aliphatic rings. The molecule has 0 aliphatic carbocycles. The molecule has 0 aromatic rings. The van der Waals surface area contributed by atoms with Gasteiger partial charge in [0, 0.05) is 12.8 Å². The molecule has 0 aromatic heterocycles. The maximum atomic E-state index is 13.8. The summed E-state index contributed by atoms with van der Waals surface area (Å²) in [5.41, 5.74) is 3.27. The lowest BCUT2D eigenvalue weighted by Crippen LogP contribution is -2.69. The fraction of sp³-hybridized carbons (Fsp3) is 0.634. The van der Waals surface area contributed by atoms with Gasteiger partial charge in [-0.1, -0.05) is 27.7 Å². The van der Waals surface area contributed by atoms with Crippen LogP contribution in [0, 0.1) is 11.8 Å². The van der Waals surface area contributed by atoms with Gasteiger partial charge in [0.25, 0.3) is 5.91 Å². The number of carbonyl (C=O) groups excluding carboxylic acids is 8. The summed E-state index contributed by atoms with van der Waals surface area (Å²) in [5.74, 6) is -23.5. The van der Waals surface area contributed by atoms with Crippen LogP contribution in [0.25, 0.3) is 0 Å². The Balaban J connectivity index is 6.91. The van der Waals surface area contributed by atoms with Gasteiger partial charge in [0.05, 0.1) is 19.3 Å². The van der Waals surface area contributed by atoms with Gasteiger partial charge in [-0.05, 0) is 37.5 Å². The Bertz CT molecular complexity index is 2190. The van der Waals surface area contributed by atoms with Crippen molar-refractivity contribution in [1.29, 1.82) is 0 Å². The zero-order valence-corrected chi connectivity index (χ0v) is 42.7. The first kappa shape index (κ1) is 69.3. The van der Waals surface area contributed by atoms with Gasteiger partial charge in [-0.15, -0.1) is 0 Å². The SMILES string of the molecule is CC(C)C[C@H](NC(=O)[C@H](CC(C)C)NC(=O)[C@H](CC(=O)O)NC(=O)[C@H](CCC(=O)O)NC(=O)[C@H](CC(=O)O)NC(=O)[C@H](CO[P+](O)(O)O)NC(=O)[C@H](CC(=O)O)NC(=O)[C@@H]([NH3+])CC(=O)O)C(=O)N[C@@H](CCC(=O)O)C(=O)O. The highest BCUT2D eigenvalue weighted by Crippen LogP contribution is 2.45. The normalized spacial score (nSPS) is 14.7. The zero-order valence-electron chi connectivity index (χ0n) is 41.8. The third-order valence-electron chi connectivity index (χ3n) is 10.1. The predicted octanol–water partition coefficient (Wildman–Crippen LogP) is -7.05. The van der Waals surface area contributed by atoms with Gasteiger partial charge in [-0.25, -0.2) is 4.79 Å². The summed E-state index contributed by atoms with van der Waals surface area (Å²) in [4.78, 5) is 217. The molecule has 36 heteroatoms. The van der Waals surface area contributed by atoms with E-state index in [1.807, 2.05) is 26.6 Å². The standard InChI is InChI=1S/C41H64N9O26P/c1-16(2)9-21(35(65)44-20(41(71)72)6-8-28(53)54)46-36(66)22(10-17(3)4)47-38(68)25(14-32(61)62)48-34(64)19(5-7-27(51)52)43-37(67)24(13-31(59)60)49-40(70)26(15-76-77(73,74)75)50-39(69)23(12-30(57)58)45-33(63)18(42)11-29(55)56/h16-26,73-75H,5-15,42H2,1-4H3,(H14-,43,44,45,46,47,48,49,50,51,52,53,54,55,56,57,58,59,60,61,62,63,64,65,66,67,68,69,70,71,72)/p+2/t18-,19-,20-,21-,22-,23-,24-,25-,26-/m0/s1. The van der Waals surface area contributed by atoms with E-state index in [0.717, 1.165) is 0 Å². The van der Waals surface area contributed by atoms with E-state index >= 15 is 0 Å². The lowest BCUT2D eigenvalue weighted by atomic mass is 9.99. The number of hydrogen-bond donors (Lipinski definition) is 19. The maximum Gasteiger partial charge on any atom is 0.567 e. The molecule has 0 radical (unpaired) electrons. The van der Waals surface area contributed by atoms with Gasteiger partial charge in [-0.3, -0.25) is 67.1 Å². The van der Waals surface area contributed by atoms with E-state index in [-0.39, 0.29) is 18.8 Å². The van der Waals surface area contributed by atoms with Crippen LogP contribution in [0.1, 0.15) is 91.9 Å². The van der Waals surface area contributed by atoms with E-state index in [1.165, 1.54) is 0 Å². The third-order valence-corrected chi connectivity index (χ3v) is 10.6. The monoisotopic (exact) mass is 1130 g/mol. The molecular weight excluding hydrogens is 1070 g/mol. The highest BCUT2D eigenvalue weighted by Gasteiger charge is 2.40. The van der Waals surface area contributed by atoms with Crippen molar-refractivity contribution < 1.29 is 133 Å². The van der Waals surface area contributed by atoms with Crippen LogP contribution >= 0.6 is 8.17 Å². The predicted molar refractivity (Wildman–Crippen MR) is 251 cm³/mol. The number of carbonyl (C=O) groups is 15. The third kappa shape index (κ3) is 29.8. The number of carboxylic acid groups (broad SMARTS) is 7. The second-order valence-corrected chi connectivity index (χ2v) is 19.1. The van der Waals surface area contributed by atoms with Crippen LogP contribution in [0.2, 0.25) is 0 Å². The van der Waals surface area contributed by atoms with Crippen LogP contribution in [0.5, 0.6) is 0 Å². The van der Waals surface area contributed by atoms with E-state index in [9.17, 15) is 112 Å². The van der Waals surface area contributed by atoms with E-state index in [4.69, 9.17) is 10.2 Å². The quantitative estimate of drug-likeness (QED) is 0.0255. The van der Waals surface area contributed by atoms with Crippen LogP contribution in [0.4, 0.5) is 0 Å². The van der Waals surface area contributed by atoms with Gasteiger partial charge < -0.3 is 84.0 Å². The van der Waals surface area contributed by atoms with Crippen molar-refractivity contribution >= 4 is 97.2 Å². The molecule has 21 N–H and O–H groups in total. The Morgan fingerprint density at radius 3 is 0.974 bits per heavy atom. The highest BCUT2D eigenvalue weighted by molar-refractivity contribution is 7.53. The fourth-order valence-corrected chi connectivity index (χ4v) is 6.83. The van der Waals surface area contributed by atoms with E-state index in [2.05, 4.69) is 26.2 Å². The van der Waals surface area contributed by atoms with Gasteiger partial charge in [0.15, 0.2) is 6.04 Å². The Morgan fingerprint density at radius 1 is 0.377 bits per heavy atom. The summed E-state index contributed by atoms with van der Waals surface area (Å²) in [6, 6.07) is -17.6. The van der Waals surface area contributed by atoms with Crippen LogP contribution in [0.15, 0.2) is 0 Å². The average molecular weight is 1130 g/mol. The van der Waals surface area contributed by atoms with Gasteiger partial charge in [0.2, 0.25) is 41.4 Å². The smallest absolute Gasteiger partial charge is 0.481 e. The Morgan fingerprint density at radius 2 is 0.649 bits per heavy atom. The molecule has 0 aliphatic heterocycles. The molecule has 0 bridgehead atoms. The number of rotatable bonds is 38. The molecule has 434 valence electrons. The summed E-state index contributed by atoms with van der Waals surface area (Å²) in [6.07, 6.45) is -8.26. The molecule has 0 spiro atoms. The van der Waals surface area contributed by atoms with E-state index < -0.39 is 215 Å². The second kappa shape index (κ2) is 33.3. The first-order valence-corrected chi connectivity index (χ1v) is 24.5. The van der Waals surface area contributed by atoms with Gasteiger partial charge >= 0.3 is 50.0 Å². The first-order chi connectivity index (χ1) is 35.4. The molecule has 77 heavy (non-hydrogen) atoms. The molecule has 0 unspecified atom stereocenters. The number of quaternary nitrogens is 1. The molecule has 0 rings (SSSR count). The number of nitrogens with one attached hydrogen (secondary N) is 8.